The molecule has 0 radical (unpaired) electrons. The number of alkyl halides is 4. The van der Waals surface area contributed by atoms with E-state index < -0.39 is 42.3 Å². The Morgan fingerprint density at radius 3 is 1.40 bits per heavy atom. The molecular formula is C4H10Cl4Sn2. The molecule has 0 atom stereocenters. The van der Waals surface area contributed by atoms with Gasteiger partial charge in [0.15, 0.2) is 0 Å². The molecule has 0 N–H and O–H groups in total. The van der Waals surface area contributed by atoms with E-state index in [1.54, 1.807) is 0 Å². The Kier molecular flexibility index (Phi) is 9.17. The van der Waals surface area contributed by atoms with Crippen molar-refractivity contribution < 1.29 is 0 Å². The van der Waals surface area contributed by atoms with Gasteiger partial charge in [-0.25, -0.2) is 0 Å². The summed E-state index contributed by atoms with van der Waals surface area (Å²) in [5.41, 5.74) is 0. The van der Waals surface area contributed by atoms with Crippen LogP contribution in [0.25, 0.3) is 0 Å². The molecule has 6 heteroatoms. The zero-order valence-electron chi connectivity index (χ0n) is 5.66. The van der Waals surface area contributed by atoms with Crippen molar-refractivity contribution in [3.8, 4) is 0 Å². The first-order valence-corrected chi connectivity index (χ1v) is 14.2. The van der Waals surface area contributed by atoms with Gasteiger partial charge in [-0.1, -0.05) is 0 Å². The van der Waals surface area contributed by atoms with Gasteiger partial charge in [-0.3, -0.25) is 0 Å². The van der Waals surface area contributed by atoms with Gasteiger partial charge in [0.2, 0.25) is 0 Å². The summed E-state index contributed by atoms with van der Waals surface area (Å²) in [6.45, 7) is 2.21. The molecule has 0 bridgehead atoms. The first-order chi connectivity index (χ1) is 4.52. The third-order valence-corrected chi connectivity index (χ3v) is 25.3. The average molecular weight is 437 g/mol. The molecule has 0 saturated carbocycles. The fourth-order valence-corrected chi connectivity index (χ4v) is 45.5. The third kappa shape index (κ3) is 8.85. The zero-order valence-corrected chi connectivity index (χ0v) is 16.8. The first kappa shape index (κ1) is 12.8. The van der Waals surface area contributed by atoms with E-state index in [0.717, 1.165) is 1.95 Å². The van der Waals surface area contributed by atoms with Crippen molar-refractivity contribution in [1.82, 2.24) is 0 Å². The summed E-state index contributed by atoms with van der Waals surface area (Å²) >= 11 is 20.8. The normalized spacial score (nSPS) is 17.1. The fraction of sp³-hybridized carbons (Fsp3) is 1.00. The van der Waals surface area contributed by atoms with Gasteiger partial charge in [0.05, 0.1) is 0 Å². The molecule has 0 aromatic heterocycles. The Bertz CT molecular complexity index is 77.3. The van der Waals surface area contributed by atoms with Crippen molar-refractivity contribution in [2.24, 2.45) is 0 Å². The van der Waals surface area contributed by atoms with Crippen LogP contribution >= 0.6 is 46.4 Å². The van der Waals surface area contributed by atoms with Crippen molar-refractivity contribution in [2.45, 2.75) is 14.6 Å². The zero-order chi connectivity index (χ0) is 8.15. The Morgan fingerprint density at radius 1 is 0.900 bits per heavy atom. The Balaban J connectivity index is 3.34. The summed E-state index contributed by atoms with van der Waals surface area (Å²) in [7, 11) is 0. The van der Waals surface area contributed by atoms with E-state index in [1.165, 1.54) is 0 Å². The quantitative estimate of drug-likeness (QED) is 0.463. The molecule has 0 nitrogen and oxygen atoms in total. The first-order valence-electron chi connectivity index (χ1n) is 3.08. The molecule has 0 saturated heterocycles. The molecule has 0 unspecified atom stereocenters. The minimum absolute atomic E-state index is 0.0411. The van der Waals surface area contributed by atoms with Gasteiger partial charge in [0.1, 0.15) is 0 Å². The Hall–Kier alpha value is 2.76. The molecule has 0 aromatic rings. The summed E-state index contributed by atoms with van der Waals surface area (Å²) in [6, 6.07) is 0. The van der Waals surface area contributed by atoms with Crippen LogP contribution in [-0.4, -0.2) is 48.0 Å². The van der Waals surface area contributed by atoms with Crippen LogP contribution in [0.5, 0.6) is 0 Å². The number of hydrogen-bond acceptors (Lipinski definition) is 0. The molecule has 0 amide bonds. The molecule has 0 rings (SSSR count). The summed E-state index contributed by atoms with van der Waals surface area (Å²) in [5.74, 6) is 0. The van der Waals surface area contributed by atoms with Crippen LogP contribution in [0.1, 0.15) is 6.92 Å². The van der Waals surface area contributed by atoms with Crippen LogP contribution in [0.3, 0.4) is 0 Å². The van der Waals surface area contributed by atoms with Crippen LogP contribution in [0.2, 0.25) is 1.95 Å². The third-order valence-electron chi connectivity index (χ3n) is 1.16. The molecule has 0 aliphatic rings. The maximum absolute atomic E-state index is 5.66. The van der Waals surface area contributed by atoms with Crippen molar-refractivity contribution in [2.75, 3.05) is 0 Å². The second-order valence-corrected chi connectivity index (χ2v) is 35.5. The average Bonchev–Trinajstić information content (AvgIpc) is 1.58. The monoisotopic (exact) mass is 438 g/mol. The van der Waals surface area contributed by atoms with E-state index in [-0.39, 0.29) is 5.70 Å². The number of rotatable bonds is 4. The molecule has 62 valence electrons. The summed E-state index contributed by atoms with van der Waals surface area (Å²) in [6.07, 6.45) is 0. The van der Waals surface area contributed by atoms with Crippen LogP contribution in [0, 0.1) is 0 Å². The summed E-state index contributed by atoms with van der Waals surface area (Å²) in [4.78, 5) is 0. The van der Waals surface area contributed by atoms with Crippen molar-refractivity contribution >= 4 is 88.7 Å². The van der Waals surface area contributed by atoms with E-state index >= 15 is 0 Å². The molecular weight excluding hydrogens is 427 g/mol. The topological polar surface area (TPSA) is 0 Å². The molecule has 10 heavy (non-hydrogen) atoms. The second-order valence-electron chi connectivity index (χ2n) is 2.36. The van der Waals surface area contributed by atoms with Gasteiger partial charge in [-0.15, -0.1) is 0 Å². The standard InChI is InChI=1S/C2H4.2CHCl2.2Sn.4H/c1-2;2*2-1-3;;;;;;/h1H,2H3;2*1H;;;;;;. The van der Waals surface area contributed by atoms with E-state index in [4.69, 9.17) is 46.4 Å². The van der Waals surface area contributed by atoms with Crippen LogP contribution in [0.4, 0.5) is 0 Å². The minimum atomic E-state index is -0.911. The fourth-order valence-electron chi connectivity index (χ4n) is 0.705. The maximum atomic E-state index is 5.66. The van der Waals surface area contributed by atoms with E-state index in [1.807, 2.05) is 0 Å². The Labute approximate surface area is 102 Å². The van der Waals surface area contributed by atoms with Gasteiger partial charge in [0.25, 0.3) is 0 Å². The Morgan fingerprint density at radius 2 is 1.20 bits per heavy atom. The van der Waals surface area contributed by atoms with Crippen molar-refractivity contribution in [1.29, 1.82) is 0 Å². The van der Waals surface area contributed by atoms with Gasteiger partial charge < -0.3 is 0 Å². The second kappa shape index (κ2) is 7.19. The number of halogens is 4. The predicted molar refractivity (Wildman–Crippen MR) is 57.5 cm³/mol. The SMILES string of the molecule is C[CH]([SnH2][CH](Cl)Cl)[SnH2][CH](Cl)Cl. The van der Waals surface area contributed by atoms with Gasteiger partial charge >= 0.3 is 103 Å². The predicted octanol–water partition coefficient (Wildman–Crippen LogP) is 1.61. The van der Waals surface area contributed by atoms with Gasteiger partial charge in [0, 0.05) is 0 Å². The molecule has 0 aliphatic heterocycles. The molecule has 0 fully saturated rings. The van der Waals surface area contributed by atoms with Gasteiger partial charge in [-0.05, 0) is 0 Å². The summed E-state index contributed by atoms with van der Waals surface area (Å²) in [5, 5.41) is 0. The van der Waals surface area contributed by atoms with Crippen molar-refractivity contribution in [3.05, 3.63) is 0 Å². The van der Waals surface area contributed by atoms with Gasteiger partial charge in [-0.2, -0.15) is 0 Å². The molecule has 0 heterocycles. The van der Waals surface area contributed by atoms with E-state index in [9.17, 15) is 0 Å². The molecule has 0 aromatic carbocycles. The van der Waals surface area contributed by atoms with Crippen LogP contribution < -0.4 is 0 Å². The summed E-state index contributed by atoms with van der Waals surface area (Å²) < 4.78 is 0.727. The van der Waals surface area contributed by atoms with E-state index in [2.05, 4.69) is 6.92 Å². The van der Waals surface area contributed by atoms with Crippen LogP contribution in [0.15, 0.2) is 0 Å². The number of hydrogen-bond donors (Lipinski definition) is 0. The molecule has 0 aliphatic carbocycles. The van der Waals surface area contributed by atoms with E-state index in [0.29, 0.717) is 0 Å². The molecule has 0 spiro atoms. The van der Waals surface area contributed by atoms with Crippen LogP contribution in [-0.2, 0) is 0 Å². The van der Waals surface area contributed by atoms with Crippen molar-refractivity contribution in [3.63, 3.8) is 0 Å².